The van der Waals surface area contributed by atoms with E-state index in [1.165, 1.54) is 5.69 Å². The topological polar surface area (TPSA) is 57.4 Å². The summed E-state index contributed by atoms with van der Waals surface area (Å²) >= 11 is 6.54. The summed E-state index contributed by atoms with van der Waals surface area (Å²) in [6.45, 7) is 5.90. The molecule has 0 amide bonds. The molecule has 8 heteroatoms. The van der Waals surface area contributed by atoms with Gasteiger partial charge in [0.2, 0.25) is 0 Å². The lowest BCUT2D eigenvalue weighted by Crippen LogP contribution is -2.44. The van der Waals surface area contributed by atoms with Gasteiger partial charge in [-0.25, -0.2) is 4.98 Å². The van der Waals surface area contributed by atoms with Crippen LogP contribution in [0.5, 0.6) is 0 Å². The average Bonchev–Trinajstić information content (AvgIpc) is 2.62. The number of benzene rings is 1. The highest BCUT2D eigenvalue weighted by Crippen LogP contribution is 2.31. The van der Waals surface area contributed by atoms with Crippen LogP contribution in [-0.4, -0.2) is 50.3 Å². The number of nitrogens with zero attached hydrogens (tertiary/aromatic N) is 3. The van der Waals surface area contributed by atoms with E-state index < -0.39 is 0 Å². The normalized spacial score (nSPS) is 18.4. The minimum absolute atomic E-state index is 0. The predicted octanol–water partition coefficient (Wildman–Crippen LogP) is 3.07. The van der Waals surface area contributed by atoms with Crippen LogP contribution < -0.4 is 20.9 Å². The molecule has 0 unspecified atom stereocenters. The van der Waals surface area contributed by atoms with Crippen molar-refractivity contribution in [3.8, 4) is 0 Å². The van der Waals surface area contributed by atoms with Crippen LogP contribution in [0.25, 0.3) is 10.9 Å². The van der Waals surface area contributed by atoms with Crippen LogP contribution in [0.2, 0.25) is 5.02 Å². The lowest BCUT2D eigenvalue weighted by atomic mass is 10.0. The quantitative estimate of drug-likeness (QED) is 0.785. The zero-order valence-electron chi connectivity index (χ0n) is 14.7. The molecular formula is C18H26Cl3N5. The molecule has 1 aromatic carbocycles. The largest absolute Gasteiger partial charge is 0.371 e. The fraction of sp³-hybridized carbons (Fsp3) is 0.500. The Morgan fingerprint density at radius 3 is 2.38 bits per heavy atom. The molecule has 0 radical (unpaired) electrons. The number of nitrogens with two attached hydrogens (primary N) is 1. The molecule has 3 heterocycles. The van der Waals surface area contributed by atoms with Gasteiger partial charge in [0.1, 0.15) is 5.82 Å². The summed E-state index contributed by atoms with van der Waals surface area (Å²) in [5, 5.41) is 5.20. The van der Waals surface area contributed by atoms with Crippen molar-refractivity contribution in [1.29, 1.82) is 0 Å². The molecule has 0 spiro atoms. The van der Waals surface area contributed by atoms with Crippen LogP contribution in [0.15, 0.2) is 24.3 Å². The van der Waals surface area contributed by atoms with Crippen molar-refractivity contribution >= 4 is 58.8 Å². The standard InChI is InChI=1S/C18H24ClN5.2ClH/c19-16-12-13-11-15(23-7-3-14(20)4-8-23)1-2-17(13)22-18(16)24-9-5-21-6-10-24;;/h1-2,11-12,14,21H,3-10,20H2;2*1H. The number of anilines is 2. The molecule has 5 nitrogen and oxygen atoms in total. The maximum Gasteiger partial charge on any atom is 0.148 e. The van der Waals surface area contributed by atoms with Crippen LogP contribution in [0.3, 0.4) is 0 Å². The lowest BCUT2D eigenvalue weighted by molar-refractivity contribution is 0.501. The Kier molecular flexibility index (Phi) is 7.62. The summed E-state index contributed by atoms with van der Waals surface area (Å²) in [5.41, 5.74) is 8.25. The van der Waals surface area contributed by atoms with Crippen molar-refractivity contribution in [3.05, 3.63) is 29.3 Å². The summed E-state index contributed by atoms with van der Waals surface area (Å²) in [5.74, 6) is 0.905. The zero-order valence-corrected chi connectivity index (χ0v) is 17.0. The van der Waals surface area contributed by atoms with Gasteiger partial charge in [-0.15, -0.1) is 24.8 Å². The Hall–Kier alpha value is -0.980. The van der Waals surface area contributed by atoms with Crippen molar-refractivity contribution < 1.29 is 0 Å². The van der Waals surface area contributed by atoms with Gasteiger partial charge in [-0.05, 0) is 37.1 Å². The van der Waals surface area contributed by atoms with Crippen molar-refractivity contribution in [2.45, 2.75) is 18.9 Å². The van der Waals surface area contributed by atoms with Gasteiger partial charge in [0.15, 0.2) is 0 Å². The minimum Gasteiger partial charge on any atom is -0.371 e. The molecule has 2 aliphatic rings. The molecule has 0 aliphatic carbocycles. The number of hydrogen-bond acceptors (Lipinski definition) is 5. The van der Waals surface area contributed by atoms with Gasteiger partial charge < -0.3 is 20.9 Å². The lowest BCUT2D eigenvalue weighted by Gasteiger charge is -2.32. The van der Waals surface area contributed by atoms with Crippen molar-refractivity contribution in [2.75, 3.05) is 49.1 Å². The number of fused-ring (bicyclic) bond motifs is 1. The second-order valence-corrected chi connectivity index (χ2v) is 7.14. The first kappa shape index (κ1) is 21.3. The van der Waals surface area contributed by atoms with Gasteiger partial charge in [-0.3, -0.25) is 0 Å². The SMILES string of the molecule is Cl.Cl.NC1CCN(c2ccc3nc(N4CCNCC4)c(Cl)cc3c2)CC1. The third-order valence-corrected chi connectivity index (χ3v) is 5.33. The van der Waals surface area contributed by atoms with Crippen LogP contribution in [0.1, 0.15) is 12.8 Å². The van der Waals surface area contributed by atoms with E-state index in [0.29, 0.717) is 6.04 Å². The number of nitrogens with one attached hydrogen (secondary N) is 1. The number of hydrogen-bond donors (Lipinski definition) is 2. The van der Waals surface area contributed by atoms with Gasteiger partial charge >= 0.3 is 0 Å². The van der Waals surface area contributed by atoms with E-state index in [9.17, 15) is 0 Å². The molecule has 0 atom stereocenters. The molecular weight excluding hydrogens is 393 g/mol. The number of halogens is 3. The maximum atomic E-state index is 6.54. The van der Waals surface area contributed by atoms with E-state index in [1.807, 2.05) is 0 Å². The summed E-state index contributed by atoms with van der Waals surface area (Å²) in [6.07, 6.45) is 2.11. The van der Waals surface area contributed by atoms with Gasteiger partial charge in [-0.1, -0.05) is 11.6 Å². The van der Waals surface area contributed by atoms with Crippen molar-refractivity contribution in [3.63, 3.8) is 0 Å². The number of pyridine rings is 1. The Labute approximate surface area is 172 Å². The van der Waals surface area contributed by atoms with E-state index >= 15 is 0 Å². The van der Waals surface area contributed by atoms with Crippen molar-refractivity contribution in [2.24, 2.45) is 5.73 Å². The van der Waals surface area contributed by atoms with E-state index in [4.69, 9.17) is 22.3 Å². The van der Waals surface area contributed by atoms with Crippen LogP contribution in [0, 0.1) is 0 Å². The first-order valence-corrected chi connectivity index (χ1v) is 9.15. The molecule has 2 saturated heterocycles. The van der Waals surface area contributed by atoms with E-state index in [1.54, 1.807) is 0 Å². The van der Waals surface area contributed by atoms with Gasteiger partial charge in [0.05, 0.1) is 10.5 Å². The maximum absolute atomic E-state index is 6.54. The van der Waals surface area contributed by atoms with Gasteiger partial charge in [-0.2, -0.15) is 0 Å². The number of piperidine rings is 1. The highest BCUT2D eigenvalue weighted by atomic mass is 35.5. The molecule has 1 aromatic heterocycles. The van der Waals surface area contributed by atoms with E-state index in [2.05, 4.69) is 39.4 Å². The second-order valence-electron chi connectivity index (χ2n) is 6.73. The Morgan fingerprint density at radius 1 is 1.00 bits per heavy atom. The molecule has 3 N–H and O–H groups in total. The Balaban J connectivity index is 0.00000121. The fourth-order valence-electron chi connectivity index (χ4n) is 3.58. The van der Waals surface area contributed by atoms with Crippen molar-refractivity contribution in [1.82, 2.24) is 10.3 Å². The molecule has 2 aromatic rings. The monoisotopic (exact) mass is 417 g/mol. The summed E-state index contributed by atoms with van der Waals surface area (Å²) in [6, 6.07) is 8.88. The number of piperazine rings is 1. The predicted molar refractivity (Wildman–Crippen MR) is 116 cm³/mol. The van der Waals surface area contributed by atoms with Crippen LogP contribution in [0.4, 0.5) is 11.5 Å². The number of rotatable bonds is 2. The Bertz CT molecular complexity index is 728. The molecule has 2 aliphatic heterocycles. The Morgan fingerprint density at radius 2 is 1.69 bits per heavy atom. The van der Waals surface area contributed by atoms with Gasteiger partial charge in [0.25, 0.3) is 0 Å². The number of aromatic nitrogens is 1. The smallest absolute Gasteiger partial charge is 0.148 e. The molecule has 0 bridgehead atoms. The molecule has 2 fully saturated rings. The molecule has 144 valence electrons. The fourth-order valence-corrected chi connectivity index (χ4v) is 3.86. The zero-order chi connectivity index (χ0) is 16.5. The molecule has 0 saturated carbocycles. The molecule has 4 rings (SSSR count). The summed E-state index contributed by atoms with van der Waals surface area (Å²) < 4.78 is 0. The van der Waals surface area contributed by atoms with Gasteiger partial charge in [0, 0.05) is 56.4 Å². The van der Waals surface area contributed by atoms with E-state index in [0.717, 1.165) is 73.9 Å². The van der Waals surface area contributed by atoms with E-state index in [-0.39, 0.29) is 24.8 Å². The summed E-state index contributed by atoms with van der Waals surface area (Å²) in [7, 11) is 0. The van der Waals surface area contributed by atoms with Crippen LogP contribution in [-0.2, 0) is 0 Å². The summed E-state index contributed by atoms with van der Waals surface area (Å²) in [4.78, 5) is 9.49. The highest BCUT2D eigenvalue weighted by Gasteiger charge is 2.18. The second kappa shape index (κ2) is 9.29. The molecule has 26 heavy (non-hydrogen) atoms. The first-order chi connectivity index (χ1) is 11.7. The first-order valence-electron chi connectivity index (χ1n) is 8.77. The minimum atomic E-state index is 0. The average molecular weight is 419 g/mol. The van der Waals surface area contributed by atoms with Crippen LogP contribution >= 0.6 is 36.4 Å². The third-order valence-electron chi connectivity index (χ3n) is 5.05. The third kappa shape index (κ3) is 4.46. The highest BCUT2D eigenvalue weighted by molar-refractivity contribution is 6.33.